The van der Waals surface area contributed by atoms with E-state index in [4.69, 9.17) is 17.6 Å². The molecule has 0 atom stereocenters. The molecule has 0 aromatic heterocycles. The summed E-state index contributed by atoms with van der Waals surface area (Å²) in [6.45, 7) is 7.06. The van der Waals surface area contributed by atoms with Gasteiger partial charge in [-0.25, -0.2) is 0 Å². The molecule has 0 amide bonds. The van der Waals surface area contributed by atoms with Crippen molar-refractivity contribution >= 4 is 34.5 Å². The fraction of sp³-hybridized carbons (Fsp3) is 0.300. The average Bonchev–Trinajstić information content (AvgIpc) is 2.74. The van der Waals surface area contributed by atoms with Crippen molar-refractivity contribution in [3.63, 3.8) is 0 Å². The van der Waals surface area contributed by atoms with Crippen molar-refractivity contribution in [1.82, 2.24) is 0 Å². The Balaban J connectivity index is 2.09. The maximum absolute atomic E-state index is 13.3. The first-order chi connectivity index (χ1) is 12.4. The lowest BCUT2D eigenvalue weighted by molar-refractivity contribution is -0.138. The zero-order valence-corrected chi connectivity index (χ0v) is 16.3. The number of nitrogens with zero attached hydrogens (tertiary/aromatic N) is 2. The molecule has 1 fully saturated rings. The lowest BCUT2D eigenvalue weighted by atomic mass is 10.0. The Morgan fingerprint density at radius 1 is 0.963 bits per heavy atom. The first-order valence-corrected chi connectivity index (χ1v) is 8.83. The molecule has 1 aliphatic heterocycles. The van der Waals surface area contributed by atoms with Crippen molar-refractivity contribution in [2.45, 2.75) is 39.4 Å². The van der Waals surface area contributed by atoms with Crippen molar-refractivity contribution in [2.24, 2.45) is 0 Å². The van der Waals surface area contributed by atoms with Gasteiger partial charge >= 0.3 is 6.18 Å². The van der Waals surface area contributed by atoms with E-state index in [0.717, 1.165) is 17.3 Å². The third-order valence-electron chi connectivity index (χ3n) is 4.82. The molecule has 3 nitrogen and oxygen atoms in total. The molecule has 0 radical (unpaired) electrons. The van der Waals surface area contributed by atoms with Gasteiger partial charge in [0.05, 0.1) is 16.8 Å². The van der Waals surface area contributed by atoms with Crippen LogP contribution in [0.2, 0.25) is 0 Å². The minimum absolute atomic E-state index is 0.130. The predicted octanol–water partition coefficient (Wildman–Crippen LogP) is 5.69. The van der Waals surface area contributed by atoms with Crippen LogP contribution in [0.5, 0.6) is 0 Å². The molecule has 0 bridgehead atoms. The van der Waals surface area contributed by atoms with E-state index >= 15 is 0 Å². The SMILES string of the molecule is Cc1ccc(N2C(=S)N(c3ccc(C)c(C(F)(F)F)c3)C(=N)C2(C)C)cc1. The Morgan fingerprint density at radius 3 is 2.07 bits per heavy atom. The normalized spacial score (nSPS) is 17.0. The van der Waals surface area contributed by atoms with Crippen LogP contribution in [0.15, 0.2) is 42.5 Å². The van der Waals surface area contributed by atoms with Crippen molar-refractivity contribution in [3.05, 3.63) is 59.2 Å². The Labute approximate surface area is 161 Å². The summed E-state index contributed by atoms with van der Waals surface area (Å²) in [5.74, 6) is 0.130. The zero-order chi connectivity index (χ0) is 20.1. The lowest BCUT2D eigenvalue weighted by Gasteiger charge is -2.30. The summed E-state index contributed by atoms with van der Waals surface area (Å²) >= 11 is 5.58. The van der Waals surface area contributed by atoms with Gasteiger partial charge in [0.15, 0.2) is 5.11 Å². The fourth-order valence-electron chi connectivity index (χ4n) is 3.24. The van der Waals surface area contributed by atoms with Crippen molar-refractivity contribution in [3.8, 4) is 0 Å². The summed E-state index contributed by atoms with van der Waals surface area (Å²) in [4.78, 5) is 3.21. The quantitative estimate of drug-likeness (QED) is 0.667. The van der Waals surface area contributed by atoms with Gasteiger partial charge in [-0.05, 0) is 69.7 Å². The van der Waals surface area contributed by atoms with Crippen LogP contribution >= 0.6 is 12.2 Å². The molecule has 0 spiro atoms. The number of thiocarbonyl (C=S) groups is 1. The first kappa shape index (κ1) is 19.4. The van der Waals surface area contributed by atoms with Crippen LogP contribution in [-0.2, 0) is 6.18 Å². The number of aryl methyl sites for hydroxylation is 2. The maximum Gasteiger partial charge on any atom is 0.416 e. The van der Waals surface area contributed by atoms with Gasteiger partial charge < -0.3 is 4.90 Å². The lowest BCUT2D eigenvalue weighted by Crippen LogP contribution is -2.44. The van der Waals surface area contributed by atoms with Gasteiger partial charge in [0.25, 0.3) is 0 Å². The minimum atomic E-state index is -4.46. The highest BCUT2D eigenvalue weighted by atomic mass is 32.1. The van der Waals surface area contributed by atoms with Gasteiger partial charge in [-0.2, -0.15) is 13.2 Å². The minimum Gasteiger partial charge on any atom is -0.305 e. The molecule has 2 aromatic rings. The Bertz CT molecular complexity index is 917. The predicted molar refractivity (Wildman–Crippen MR) is 107 cm³/mol. The van der Waals surface area contributed by atoms with E-state index in [1.54, 1.807) is 11.0 Å². The average molecular weight is 391 g/mol. The molecule has 2 aromatic carbocycles. The maximum atomic E-state index is 13.3. The van der Waals surface area contributed by atoms with Gasteiger partial charge in [0.2, 0.25) is 0 Å². The highest BCUT2D eigenvalue weighted by Gasteiger charge is 2.47. The van der Waals surface area contributed by atoms with Crippen LogP contribution in [0.1, 0.15) is 30.5 Å². The molecule has 1 saturated heterocycles. The standard InChI is InChI=1S/C20H20F3N3S/c1-12-5-8-14(9-6-12)26-18(27)25(17(24)19(26,3)4)15-10-7-13(2)16(11-15)20(21,22)23/h5-11,24H,1-4H3. The van der Waals surface area contributed by atoms with Crippen LogP contribution in [0.4, 0.5) is 24.5 Å². The summed E-state index contributed by atoms with van der Waals surface area (Å²) in [7, 11) is 0. The largest absolute Gasteiger partial charge is 0.416 e. The van der Waals surface area contributed by atoms with E-state index in [9.17, 15) is 13.2 Å². The second kappa shape index (κ2) is 6.34. The molecule has 142 valence electrons. The van der Waals surface area contributed by atoms with E-state index in [1.165, 1.54) is 17.9 Å². The van der Waals surface area contributed by atoms with E-state index in [1.807, 2.05) is 45.0 Å². The summed E-state index contributed by atoms with van der Waals surface area (Å²) in [6, 6.07) is 11.7. The summed E-state index contributed by atoms with van der Waals surface area (Å²) in [5.41, 5.74) is 0.744. The Morgan fingerprint density at radius 2 is 1.52 bits per heavy atom. The topological polar surface area (TPSA) is 30.3 Å². The Kier molecular flexibility index (Phi) is 4.54. The number of rotatable bonds is 2. The Hall–Kier alpha value is -2.41. The van der Waals surface area contributed by atoms with Crippen molar-refractivity contribution in [1.29, 1.82) is 5.41 Å². The number of amidine groups is 1. The van der Waals surface area contributed by atoms with E-state index < -0.39 is 17.3 Å². The number of benzene rings is 2. The van der Waals surface area contributed by atoms with Crippen molar-refractivity contribution in [2.75, 3.05) is 9.80 Å². The number of nitrogens with one attached hydrogen (secondary N) is 1. The number of halogens is 3. The number of anilines is 2. The van der Waals surface area contributed by atoms with Crippen molar-refractivity contribution < 1.29 is 13.2 Å². The smallest absolute Gasteiger partial charge is 0.305 e. The van der Waals surface area contributed by atoms with Crippen LogP contribution in [-0.4, -0.2) is 16.5 Å². The van der Waals surface area contributed by atoms with E-state index in [2.05, 4.69) is 0 Å². The van der Waals surface area contributed by atoms with Gasteiger partial charge in [-0.15, -0.1) is 0 Å². The van der Waals surface area contributed by atoms with Crippen LogP contribution < -0.4 is 9.80 Å². The van der Waals surface area contributed by atoms with Gasteiger partial charge in [0.1, 0.15) is 5.84 Å². The molecule has 7 heteroatoms. The summed E-state index contributed by atoms with van der Waals surface area (Å²) < 4.78 is 40.0. The third kappa shape index (κ3) is 3.20. The highest BCUT2D eigenvalue weighted by Crippen LogP contribution is 2.39. The monoisotopic (exact) mass is 391 g/mol. The third-order valence-corrected chi connectivity index (χ3v) is 5.19. The first-order valence-electron chi connectivity index (χ1n) is 8.42. The molecule has 27 heavy (non-hydrogen) atoms. The molecule has 0 aliphatic carbocycles. The van der Waals surface area contributed by atoms with E-state index in [-0.39, 0.29) is 22.2 Å². The molecular formula is C20H20F3N3S. The fourth-order valence-corrected chi connectivity index (χ4v) is 3.77. The molecule has 3 rings (SSSR count). The molecular weight excluding hydrogens is 371 g/mol. The molecule has 0 saturated carbocycles. The van der Waals surface area contributed by atoms with Crippen LogP contribution in [0.3, 0.4) is 0 Å². The molecule has 1 heterocycles. The van der Waals surface area contributed by atoms with Gasteiger partial charge in [-0.3, -0.25) is 10.3 Å². The second-order valence-corrected chi connectivity index (χ2v) is 7.56. The van der Waals surface area contributed by atoms with Gasteiger partial charge in [-0.1, -0.05) is 23.8 Å². The van der Waals surface area contributed by atoms with E-state index in [0.29, 0.717) is 0 Å². The van der Waals surface area contributed by atoms with Crippen LogP contribution in [0.25, 0.3) is 0 Å². The van der Waals surface area contributed by atoms with Crippen LogP contribution in [0, 0.1) is 19.3 Å². The zero-order valence-electron chi connectivity index (χ0n) is 15.5. The van der Waals surface area contributed by atoms with Gasteiger partial charge in [0, 0.05) is 5.69 Å². The summed E-state index contributed by atoms with van der Waals surface area (Å²) in [6.07, 6.45) is -4.46. The second-order valence-electron chi connectivity index (χ2n) is 7.19. The highest BCUT2D eigenvalue weighted by molar-refractivity contribution is 7.81. The molecule has 1 aliphatic rings. The number of hydrogen-bond acceptors (Lipinski definition) is 2. The number of alkyl halides is 3. The molecule has 0 unspecified atom stereocenters. The number of hydrogen-bond donors (Lipinski definition) is 1. The summed E-state index contributed by atoms with van der Waals surface area (Å²) in [5, 5.41) is 8.88. The molecule has 1 N–H and O–H groups in total.